The lowest BCUT2D eigenvalue weighted by atomic mass is 10.0. The molecule has 114 valence electrons. The Morgan fingerprint density at radius 3 is 2.14 bits per heavy atom. The lowest BCUT2D eigenvalue weighted by molar-refractivity contribution is -0.139. The molecule has 1 atom stereocenters. The van der Waals surface area contributed by atoms with Crippen LogP contribution in [0.3, 0.4) is 0 Å². The molecule has 2 aromatic rings. The van der Waals surface area contributed by atoms with E-state index in [1.807, 2.05) is 36.4 Å². The van der Waals surface area contributed by atoms with Gasteiger partial charge in [0.05, 0.1) is 0 Å². The van der Waals surface area contributed by atoms with Crippen LogP contribution >= 0.6 is 0 Å². The Kier molecular flexibility index (Phi) is 5.72. The maximum Gasteiger partial charge on any atom is 0.326 e. The molecule has 0 aliphatic carbocycles. The highest BCUT2D eigenvalue weighted by Gasteiger charge is 2.20. The molecule has 2 rings (SSSR count). The normalized spacial score (nSPS) is 11.6. The highest BCUT2D eigenvalue weighted by atomic mass is 16.4. The summed E-state index contributed by atoms with van der Waals surface area (Å²) in [5, 5.41) is 11.8. The van der Waals surface area contributed by atoms with Crippen LogP contribution in [0.2, 0.25) is 0 Å². The Labute approximate surface area is 129 Å². The average molecular weight is 297 g/mol. The Hall–Kier alpha value is -2.62. The Morgan fingerprint density at radius 1 is 0.955 bits per heavy atom. The number of aryl methyl sites for hydroxylation is 1. The maximum atomic E-state index is 12.0. The summed E-state index contributed by atoms with van der Waals surface area (Å²) >= 11 is 0. The molecule has 22 heavy (non-hydrogen) atoms. The van der Waals surface area contributed by atoms with Crippen molar-refractivity contribution < 1.29 is 14.7 Å². The number of carbonyl (C=O) groups excluding carboxylic acids is 1. The van der Waals surface area contributed by atoms with Crippen LogP contribution in [-0.2, 0) is 11.2 Å². The van der Waals surface area contributed by atoms with Crippen LogP contribution < -0.4 is 5.32 Å². The van der Waals surface area contributed by atoms with Gasteiger partial charge in [-0.05, 0) is 37.0 Å². The molecular weight excluding hydrogens is 278 g/mol. The van der Waals surface area contributed by atoms with Crippen LogP contribution in [0.1, 0.15) is 28.8 Å². The zero-order valence-corrected chi connectivity index (χ0v) is 12.2. The summed E-state index contributed by atoms with van der Waals surface area (Å²) in [5.74, 6) is -1.36. The van der Waals surface area contributed by atoms with Crippen LogP contribution in [0, 0.1) is 0 Å². The van der Waals surface area contributed by atoms with E-state index in [1.54, 1.807) is 24.3 Å². The second-order valence-corrected chi connectivity index (χ2v) is 5.11. The van der Waals surface area contributed by atoms with Gasteiger partial charge in [-0.25, -0.2) is 4.79 Å². The van der Waals surface area contributed by atoms with Crippen molar-refractivity contribution in [1.29, 1.82) is 0 Å². The standard InChI is InChI=1S/C18H19NO3/c20-17(15-11-5-2-6-12-15)19-16(18(21)22)13-7-10-14-8-3-1-4-9-14/h1-6,8-9,11-12,16H,7,10,13H2,(H,19,20)(H,21,22)/t16-/m0/s1. The second kappa shape index (κ2) is 7.98. The number of carboxylic acids is 1. The number of aliphatic carboxylic acids is 1. The molecule has 0 bridgehead atoms. The average Bonchev–Trinajstić information content (AvgIpc) is 2.55. The summed E-state index contributed by atoms with van der Waals surface area (Å²) in [6.45, 7) is 0. The van der Waals surface area contributed by atoms with E-state index in [9.17, 15) is 14.7 Å². The van der Waals surface area contributed by atoms with Crippen molar-refractivity contribution in [3.8, 4) is 0 Å². The fourth-order valence-corrected chi connectivity index (χ4v) is 2.24. The lowest BCUT2D eigenvalue weighted by Gasteiger charge is -2.14. The van der Waals surface area contributed by atoms with Crippen LogP contribution in [-0.4, -0.2) is 23.0 Å². The monoisotopic (exact) mass is 297 g/mol. The number of hydrogen-bond acceptors (Lipinski definition) is 2. The van der Waals surface area contributed by atoms with E-state index in [1.165, 1.54) is 5.56 Å². The molecule has 2 aromatic carbocycles. The first-order chi connectivity index (χ1) is 10.7. The minimum absolute atomic E-state index is 0.354. The summed E-state index contributed by atoms with van der Waals surface area (Å²) in [6, 6.07) is 17.7. The largest absolute Gasteiger partial charge is 0.480 e. The van der Waals surface area contributed by atoms with Crippen molar-refractivity contribution in [2.24, 2.45) is 0 Å². The molecule has 2 N–H and O–H groups in total. The van der Waals surface area contributed by atoms with E-state index in [0.29, 0.717) is 18.4 Å². The van der Waals surface area contributed by atoms with Gasteiger partial charge in [0.2, 0.25) is 0 Å². The van der Waals surface area contributed by atoms with E-state index in [-0.39, 0.29) is 5.91 Å². The molecule has 4 nitrogen and oxygen atoms in total. The smallest absolute Gasteiger partial charge is 0.326 e. The number of nitrogens with one attached hydrogen (secondary N) is 1. The van der Waals surface area contributed by atoms with Crippen molar-refractivity contribution in [1.82, 2.24) is 5.32 Å². The molecule has 0 aromatic heterocycles. The third-order valence-corrected chi connectivity index (χ3v) is 3.44. The number of hydrogen-bond donors (Lipinski definition) is 2. The van der Waals surface area contributed by atoms with Gasteiger partial charge < -0.3 is 10.4 Å². The van der Waals surface area contributed by atoms with E-state index in [0.717, 1.165) is 6.42 Å². The molecule has 4 heteroatoms. The van der Waals surface area contributed by atoms with Crippen molar-refractivity contribution in [2.75, 3.05) is 0 Å². The van der Waals surface area contributed by atoms with Crippen molar-refractivity contribution in [3.05, 3.63) is 71.8 Å². The molecule has 0 fully saturated rings. The quantitative estimate of drug-likeness (QED) is 0.826. The fraction of sp³-hybridized carbons (Fsp3) is 0.222. The second-order valence-electron chi connectivity index (χ2n) is 5.11. The Bertz CT molecular complexity index is 611. The number of benzene rings is 2. The third-order valence-electron chi connectivity index (χ3n) is 3.44. The van der Waals surface area contributed by atoms with Gasteiger partial charge >= 0.3 is 5.97 Å². The van der Waals surface area contributed by atoms with Gasteiger partial charge in [-0.1, -0.05) is 48.5 Å². The molecule has 0 aliphatic rings. The summed E-state index contributed by atoms with van der Waals surface area (Å²) in [7, 11) is 0. The van der Waals surface area contributed by atoms with E-state index >= 15 is 0 Å². The van der Waals surface area contributed by atoms with Crippen LogP contribution in [0.5, 0.6) is 0 Å². The van der Waals surface area contributed by atoms with Gasteiger partial charge in [0.1, 0.15) is 6.04 Å². The Morgan fingerprint density at radius 2 is 1.55 bits per heavy atom. The van der Waals surface area contributed by atoms with E-state index in [4.69, 9.17) is 0 Å². The van der Waals surface area contributed by atoms with Gasteiger partial charge in [-0.2, -0.15) is 0 Å². The molecule has 0 spiro atoms. The summed E-state index contributed by atoms with van der Waals surface area (Å²) in [6.07, 6.45) is 1.91. The van der Waals surface area contributed by atoms with Crippen molar-refractivity contribution in [3.63, 3.8) is 0 Å². The predicted molar refractivity (Wildman–Crippen MR) is 84.7 cm³/mol. The highest BCUT2D eigenvalue weighted by molar-refractivity contribution is 5.96. The van der Waals surface area contributed by atoms with Crippen LogP contribution in [0.4, 0.5) is 0 Å². The fourth-order valence-electron chi connectivity index (χ4n) is 2.24. The minimum atomic E-state index is -1.00. The summed E-state index contributed by atoms with van der Waals surface area (Å²) in [5.41, 5.74) is 1.64. The number of amides is 1. The maximum absolute atomic E-state index is 12.0. The highest BCUT2D eigenvalue weighted by Crippen LogP contribution is 2.08. The molecule has 0 unspecified atom stereocenters. The zero-order chi connectivity index (χ0) is 15.8. The first kappa shape index (κ1) is 15.8. The van der Waals surface area contributed by atoms with Gasteiger partial charge in [0.25, 0.3) is 5.91 Å². The summed E-state index contributed by atoms with van der Waals surface area (Å²) < 4.78 is 0. The van der Waals surface area contributed by atoms with Gasteiger partial charge in [0, 0.05) is 5.56 Å². The molecule has 0 aliphatic heterocycles. The van der Waals surface area contributed by atoms with Gasteiger partial charge in [-0.15, -0.1) is 0 Å². The van der Waals surface area contributed by atoms with Crippen LogP contribution in [0.15, 0.2) is 60.7 Å². The first-order valence-electron chi connectivity index (χ1n) is 7.29. The molecule has 1 amide bonds. The van der Waals surface area contributed by atoms with Gasteiger partial charge in [-0.3, -0.25) is 4.79 Å². The molecule has 0 saturated carbocycles. The molecular formula is C18H19NO3. The molecule has 0 heterocycles. The first-order valence-corrected chi connectivity index (χ1v) is 7.29. The molecule has 0 radical (unpaired) electrons. The lowest BCUT2D eigenvalue weighted by Crippen LogP contribution is -2.40. The predicted octanol–water partition coefficient (Wildman–Crippen LogP) is 2.89. The topological polar surface area (TPSA) is 66.4 Å². The number of carbonyl (C=O) groups is 2. The van der Waals surface area contributed by atoms with Crippen molar-refractivity contribution >= 4 is 11.9 Å². The van der Waals surface area contributed by atoms with E-state index in [2.05, 4.69) is 5.32 Å². The zero-order valence-electron chi connectivity index (χ0n) is 12.2. The van der Waals surface area contributed by atoms with Crippen molar-refractivity contribution in [2.45, 2.75) is 25.3 Å². The SMILES string of the molecule is O=C(N[C@@H](CCCc1ccccc1)C(=O)O)c1ccccc1. The molecule has 0 saturated heterocycles. The summed E-state index contributed by atoms with van der Waals surface area (Å²) in [4.78, 5) is 23.3. The third kappa shape index (κ3) is 4.74. The number of rotatable bonds is 7. The minimum Gasteiger partial charge on any atom is -0.480 e. The number of carboxylic acid groups (broad SMARTS) is 1. The Balaban J connectivity index is 1.87. The van der Waals surface area contributed by atoms with Gasteiger partial charge in [0.15, 0.2) is 0 Å². The van der Waals surface area contributed by atoms with E-state index < -0.39 is 12.0 Å². The van der Waals surface area contributed by atoms with Crippen LogP contribution in [0.25, 0.3) is 0 Å².